The third-order valence-electron chi connectivity index (χ3n) is 3.99. The average molecular weight is 429 g/mol. The van der Waals surface area contributed by atoms with Crippen LogP contribution in [-0.4, -0.2) is 29.5 Å². The molecular formula is C21H23N3O5S. The molecule has 1 unspecified atom stereocenters. The zero-order chi connectivity index (χ0) is 21.5. The van der Waals surface area contributed by atoms with Crippen LogP contribution < -0.4 is 20.3 Å². The van der Waals surface area contributed by atoms with Crippen LogP contribution in [0.15, 0.2) is 46.2 Å². The molecule has 0 aliphatic carbocycles. The zero-order valence-corrected chi connectivity index (χ0v) is 17.7. The Morgan fingerprint density at radius 3 is 2.53 bits per heavy atom. The van der Waals surface area contributed by atoms with Gasteiger partial charge in [-0.05, 0) is 57.2 Å². The summed E-state index contributed by atoms with van der Waals surface area (Å²) in [6.07, 6.45) is -0.763. The van der Waals surface area contributed by atoms with E-state index >= 15 is 0 Å². The molecule has 0 saturated carbocycles. The second-order valence-electron chi connectivity index (χ2n) is 6.43. The molecule has 3 aromatic rings. The van der Waals surface area contributed by atoms with E-state index in [-0.39, 0.29) is 12.3 Å². The van der Waals surface area contributed by atoms with Gasteiger partial charge < -0.3 is 13.9 Å². The molecule has 3 rings (SSSR count). The first-order chi connectivity index (χ1) is 14.4. The molecule has 9 heteroatoms. The molecule has 2 aromatic heterocycles. The van der Waals surface area contributed by atoms with Gasteiger partial charge in [-0.3, -0.25) is 20.4 Å². The summed E-state index contributed by atoms with van der Waals surface area (Å²) in [6.45, 7) is 5.92. The summed E-state index contributed by atoms with van der Waals surface area (Å²) in [6, 6.07) is 10.6. The number of aryl methyl sites for hydroxylation is 1. The monoisotopic (exact) mass is 429 g/mol. The number of thiazole rings is 1. The highest BCUT2D eigenvalue weighted by Crippen LogP contribution is 2.25. The van der Waals surface area contributed by atoms with Crippen LogP contribution in [0, 0.1) is 6.92 Å². The maximum Gasteiger partial charge on any atom is 0.279 e. The first-order valence-electron chi connectivity index (χ1n) is 9.44. The minimum Gasteiger partial charge on any atom is -0.494 e. The van der Waals surface area contributed by atoms with Gasteiger partial charge in [0.2, 0.25) is 5.91 Å². The molecule has 0 saturated heterocycles. The highest BCUT2D eigenvalue weighted by atomic mass is 32.1. The molecule has 2 amide bonds. The summed E-state index contributed by atoms with van der Waals surface area (Å²) in [4.78, 5) is 28.7. The molecule has 158 valence electrons. The van der Waals surface area contributed by atoms with Crippen LogP contribution in [0.2, 0.25) is 0 Å². The van der Waals surface area contributed by atoms with Gasteiger partial charge in [0.15, 0.2) is 16.9 Å². The Hall–Kier alpha value is -3.33. The van der Waals surface area contributed by atoms with Gasteiger partial charge in [0.05, 0.1) is 18.7 Å². The predicted octanol–water partition coefficient (Wildman–Crippen LogP) is 3.27. The molecule has 2 N–H and O–H groups in total. The number of benzene rings is 1. The Labute approximate surface area is 178 Å². The van der Waals surface area contributed by atoms with E-state index in [4.69, 9.17) is 13.9 Å². The lowest BCUT2D eigenvalue weighted by Gasteiger charge is -2.15. The number of carbonyl (C=O) groups is 2. The van der Waals surface area contributed by atoms with Crippen molar-refractivity contribution >= 4 is 23.2 Å². The highest BCUT2D eigenvalue weighted by molar-refractivity contribution is 7.13. The lowest BCUT2D eigenvalue weighted by atomic mass is 10.3. The summed E-state index contributed by atoms with van der Waals surface area (Å²) in [5, 5.41) is 2.49. The summed E-state index contributed by atoms with van der Waals surface area (Å²) in [5.41, 5.74) is 5.34. The van der Waals surface area contributed by atoms with Crippen molar-refractivity contribution in [2.45, 2.75) is 33.3 Å². The number of amides is 2. The van der Waals surface area contributed by atoms with Gasteiger partial charge in [-0.25, -0.2) is 4.98 Å². The van der Waals surface area contributed by atoms with Crippen LogP contribution in [0.1, 0.15) is 25.3 Å². The maximum absolute atomic E-state index is 12.2. The van der Waals surface area contributed by atoms with Crippen LogP contribution in [0.25, 0.3) is 10.8 Å². The molecule has 0 radical (unpaired) electrons. The second kappa shape index (κ2) is 9.93. The third-order valence-corrected chi connectivity index (χ3v) is 4.89. The Kier molecular flexibility index (Phi) is 7.08. The lowest BCUT2D eigenvalue weighted by molar-refractivity contribution is -0.132. The van der Waals surface area contributed by atoms with E-state index in [2.05, 4.69) is 15.8 Å². The fourth-order valence-corrected chi connectivity index (χ4v) is 3.31. The molecule has 1 aromatic carbocycles. The molecule has 0 aliphatic rings. The van der Waals surface area contributed by atoms with Gasteiger partial charge >= 0.3 is 0 Å². The number of hydrogen-bond acceptors (Lipinski definition) is 7. The number of carbonyl (C=O) groups excluding carboxylic acids is 2. The Balaban J connectivity index is 1.44. The van der Waals surface area contributed by atoms with E-state index in [1.807, 2.05) is 26.0 Å². The van der Waals surface area contributed by atoms with Crippen molar-refractivity contribution < 1.29 is 23.5 Å². The fourth-order valence-electron chi connectivity index (χ4n) is 2.53. The molecule has 1 atom stereocenters. The Morgan fingerprint density at radius 1 is 1.13 bits per heavy atom. The molecule has 0 bridgehead atoms. The third kappa shape index (κ3) is 5.84. The van der Waals surface area contributed by atoms with Gasteiger partial charge in [-0.15, -0.1) is 11.3 Å². The first-order valence-corrected chi connectivity index (χ1v) is 10.3. The molecular weight excluding hydrogens is 406 g/mol. The number of ether oxygens (including phenoxy) is 2. The molecule has 0 spiro atoms. The fraction of sp³-hybridized carbons (Fsp3) is 0.286. The van der Waals surface area contributed by atoms with Crippen molar-refractivity contribution in [1.82, 2.24) is 15.8 Å². The van der Waals surface area contributed by atoms with E-state index in [1.54, 1.807) is 36.6 Å². The number of nitrogens with one attached hydrogen (secondary N) is 2. The maximum atomic E-state index is 12.2. The molecule has 30 heavy (non-hydrogen) atoms. The van der Waals surface area contributed by atoms with Gasteiger partial charge in [-0.1, -0.05) is 0 Å². The SMILES string of the molecule is CCOc1ccc(OC(C)C(=O)NNC(=O)Cc2csc(-c3ccc(C)o3)n2)cc1. The lowest BCUT2D eigenvalue weighted by Crippen LogP contribution is -2.47. The van der Waals surface area contributed by atoms with E-state index in [9.17, 15) is 9.59 Å². The molecule has 0 aliphatic heterocycles. The summed E-state index contributed by atoms with van der Waals surface area (Å²) in [7, 11) is 0. The summed E-state index contributed by atoms with van der Waals surface area (Å²) < 4.78 is 16.5. The van der Waals surface area contributed by atoms with Crippen molar-refractivity contribution in [1.29, 1.82) is 0 Å². The highest BCUT2D eigenvalue weighted by Gasteiger charge is 2.16. The van der Waals surface area contributed by atoms with Crippen molar-refractivity contribution in [2.75, 3.05) is 6.61 Å². The van der Waals surface area contributed by atoms with Gasteiger partial charge in [0.25, 0.3) is 5.91 Å². The quantitative estimate of drug-likeness (QED) is 0.533. The van der Waals surface area contributed by atoms with Gasteiger partial charge in [-0.2, -0.15) is 0 Å². The van der Waals surface area contributed by atoms with Crippen LogP contribution in [0.5, 0.6) is 11.5 Å². The van der Waals surface area contributed by atoms with Crippen LogP contribution in [0.4, 0.5) is 0 Å². The standard InChI is InChI=1S/C21H23N3O5S/c1-4-27-16-6-8-17(9-7-16)29-14(3)20(26)24-23-19(25)11-15-12-30-21(22-15)18-10-5-13(2)28-18/h5-10,12,14H,4,11H2,1-3H3,(H,23,25)(H,24,26). The van der Waals surface area contributed by atoms with E-state index in [0.29, 0.717) is 28.8 Å². The topological polar surface area (TPSA) is 103 Å². The number of hydrazine groups is 1. The number of nitrogens with zero attached hydrogens (tertiary/aromatic N) is 1. The van der Waals surface area contributed by atoms with Crippen LogP contribution in [0.3, 0.4) is 0 Å². The minimum absolute atomic E-state index is 0.0323. The normalized spacial score (nSPS) is 11.6. The van der Waals surface area contributed by atoms with Crippen molar-refractivity contribution in [3.63, 3.8) is 0 Å². The number of aromatic nitrogens is 1. The van der Waals surface area contributed by atoms with Crippen LogP contribution >= 0.6 is 11.3 Å². The molecule has 2 heterocycles. The number of hydrogen-bond donors (Lipinski definition) is 2. The Bertz CT molecular complexity index is 996. The molecule has 8 nitrogen and oxygen atoms in total. The Morgan fingerprint density at radius 2 is 1.87 bits per heavy atom. The van der Waals surface area contributed by atoms with E-state index in [1.165, 1.54) is 11.3 Å². The first kappa shape index (κ1) is 21.4. The number of furan rings is 1. The largest absolute Gasteiger partial charge is 0.494 e. The van der Waals surface area contributed by atoms with Gasteiger partial charge in [0, 0.05) is 5.38 Å². The van der Waals surface area contributed by atoms with Crippen molar-refractivity contribution in [3.8, 4) is 22.3 Å². The second-order valence-corrected chi connectivity index (χ2v) is 7.29. The molecule has 0 fully saturated rings. The van der Waals surface area contributed by atoms with E-state index in [0.717, 1.165) is 11.5 Å². The predicted molar refractivity (Wildman–Crippen MR) is 112 cm³/mol. The average Bonchev–Trinajstić information content (AvgIpc) is 3.36. The smallest absolute Gasteiger partial charge is 0.279 e. The van der Waals surface area contributed by atoms with Crippen LogP contribution in [-0.2, 0) is 16.0 Å². The summed E-state index contributed by atoms with van der Waals surface area (Å²) >= 11 is 1.39. The summed E-state index contributed by atoms with van der Waals surface area (Å²) in [5.74, 6) is 1.85. The van der Waals surface area contributed by atoms with Gasteiger partial charge in [0.1, 0.15) is 17.3 Å². The van der Waals surface area contributed by atoms with Crippen molar-refractivity contribution in [3.05, 3.63) is 53.2 Å². The minimum atomic E-state index is -0.795. The number of rotatable bonds is 8. The van der Waals surface area contributed by atoms with Crippen molar-refractivity contribution in [2.24, 2.45) is 0 Å². The zero-order valence-electron chi connectivity index (χ0n) is 16.9. The van der Waals surface area contributed by atoms with E-state index < -0.39 is 12.0 Å².